The number of phosphoric ester groups is 1. The summed E-state index contributed by atoms with van der Waals surface area (Å²) in [6, 6.07) is 0. The number of nitrogens with zero attached hydrogens (tertiary/aromatic N) is 5. The third-order valence-electron chi connectivity index (χ3n) is 3.53. The smallest absolute Gasteiger partial charge is 0.385 e. The highest BCUT2D eigenvalue weighted by molar-refractivity contribution is 7.66. The van der Waals surface area contributed by atoms with Crippen LogP contribution < -0.4 is 10.9 Å². The molecule has 0 bridgehead atoms. The fourth-order valence-electron chi connectivity index (χ4n) is 2.35. The summed E-state index contributed by atoms with van der Waals surface area (Å²) in [5.74, 6) is 0.0159. The second kappa shape index (κ2) is 8.42. The van der Waals surface area contributed by atoms with Gasteiger partial charge in [-0.15, -0.1) is 0 Å². The van der Waals surface area contributed by atoms with Crippen LogP contribution in [-0.2, 0) is 31.7 Å². The van der Waals surface area contributed by atoms with Crippen LogP contribution >= 0.6 is 23.5 Å². The second-order valence-electron chi connectivity index (χ2n) is 5.76. The lowest BCUT2D eigenvalue weighted by molar-refractivity contribution is -0.0210. The molecule has 0 aromatic carbocycles. The summed E-state index contributed by atoms with van der Waals surface area (Å²) in [6.07, 6.45) is -2.82. The van der Waals surface area contributed by atoms with Gasteiger partial charge in [0.25, 0.3) is 0 Å². The lowest BCUT2D eigenvalue weighted by Crippen LogP contribution is -2.41. The van der Waals surface area contributed by atoms with Crippen molar-refractivity contribution in [1.82, 2.24) is 19.6 Å². The summed E-state index contributed by atoms with van der Waals surface area (Å²) < 4.78 is 46.2. The van der Waals surface area contributed by atoms with Crippen LogP contribution in [0, 0.1) is 0 Å². The van der Waals surface area contributed by atoms with Crippen LogP contribution in [0.2, 0.25) is 0 Å². The summed E-state index contributed by atoms with van der Waals surface area (Å²) in [4.78, 5) is 52.3. The molecule has 0 saturated carbocycles. The number of hydrogen-bond donors (Lipinski definition) is 7. The first-order chi connectivity index (χ1) is 14.2. The van der Waals surface area contributed by atoms with Gasteiger partial charge in [-0.05, 0) is 0 Å². The third-order valence-corrected chi connectivity index (χ3v) is 7.33. The van der Waals surface area contributed by atoms with Crippen LogP contribution in [0.15, 0.2) is 12.7 Å². The Labute approximate surface area is 171 Å². The molecule has 174 valence electrons. The van der Waals surface area contributed by atoms with Gasteiger partial charge in [0.05, 0.1) is 6.61 Å². The molecule has 22 heteroatoms. The van der Waals surface area contributed by atoms with Crippen molar-refractivity contribution in [3.05, 3.63) is 12.7 Å². The number of rotatable bonds is 8. The minimum atomic E-state index is -5.71. The van der Waals surface area contributed by atoms with Crippen molar-refractivity contribution in [1.29, 1.82) is 0 Å². The van der Waals surface area contributed by atoms with Crippen LogP contribution in [0.5, 0.6) is 0 Å². The van der Waals surface area contributed by atoms with E-state index in [1.165, 1.54) is 0 Å². The number of fused-ring (bicyclic) bond motifs is 1. The molecule has 19 nitrogen and oxygen atoms in total. The van der Waals surface area contributed by atoms with Gasteiger partial charge in [-0.1, -0.05) is 0 Å². The molecule has 3 heterocycles. The zero-order chi connectivity index (χ0) is 23.2. The number of nitrogens with two attached hydrogens (primary N) is 1. The van der Waals surface area contributed by atoms with Crippen molar-refractivity contribution in [3.8, 4) is 0 Å². The van der Waals surface area contributed by atoms with E-state index in [0.717, 1.165) is 17.3 Å². The van der Waals surface area contributed by atoms with Gasteiger partial charge in [0.2, 0.25) is 0 Å². The Hall–Kier alpha value is -1.56. The highest BCUT2D eigenvalue weighted by Gasteiger charge is 2.46. The first kappa shape index (κ1) is 24.1. The highest BCUT2D eigenvalue weighted by Crippen LogP contribution is 2.66. The first-order valence-corrected chi connectivity index (χ1v) is 12.3. The fourth-order valence-corrected chi connectivity index (χ4v) is 5.38. The highest BCUT2D eigenvalue weighted by atomic mass is 31.3. The molecule has 5 atom stereocenters. The van der Waals surface area contributed by atoms with E-state index in [1.54, 1.807) is 0 Å². The van der Waals surface area contributed by atoms with E-state index in [9.17, 15) is 28.8 Å². The van der Waals surface area contributed by atoms with Crippen molar-refractivity contribution >= 4 is 40.4 Å². The summed E-state index contributed by atoms with van der Waals surface area (Å²) in [7, 11) is -16.7. The normalized spacial score (nSPS) is 26.1. The standard InChI is InChI=1S/C9H15N6O13P3/c10-7-5-8(12-2-11-7)14(3-13-5)15-9(17)6(16)4(26-15)1-25-30(21,22)28-31(23,24)27-29(18,19)20/h2-4,6,9,16-17H,1H2,(H,21,22)(H,23,24)(H2,10,11,12)(H2,18,19,20)/t4-,6-,9-/m1/s1. The first-order valence-electron chi connectivity index (χ1n) is 7.73. The molecular formula is C9H15N6O13P3. The van der Waals surface area contributed by atoms with Crippen molar-refractivity contribution in [2.75, 3.05) is 17.5 Å². The van der Waals surface area contributed by atoms with Crippen molar-refractivity contribution in [2.24, 2.45) is 0 Å². The average Bonchev–Trinajstić information content (AvgIpc) is 3.13. The minimum Gasteiger partial charge on any atom is -0.385 e. The number of aliphatic hydroxyl groups excluding tert-OH is 2. The molecule has 3 rings (SSSR count). The molecule has 1 aliphatic heterocycles. The minimum absolute atomic E-state index is 0.0159. The molecule has 31 heavy (non-hydrogen) atoms. The van der Waals surface area contributed by atoms with Gasteiger partial charge in [-0.25, -0.2) is 33.5 Å². The summed E-state index contributed by atoms with van der Waals surface area (Å²) >= 11 is 0. The van der Waals surface area contributed by atoms with Gasteiger partial charge in [-0.3, -0.25) is 4.52 Å². The molecular weight excluding hydrogens is 493 g/mol. The number of imidazole rings is 1. The number of nitrogen functional groups attached to an aromatic ring is 1. The summed E-state index contributed by atoms with van der Waals surface area (Å²) in [6.45, 7) is -0.998. The third kappa shape index (κ3) is 5.63. The Morgan fingerprint density at radius 1 is 1.06 bits per heavy atom. The monoisotopic (exact) mass is 508 g/mol. The Bertz CT molecular complexity index is 1110. The lowest BCUT2D eigenvalue weighted by Gasteiger charge is -2.21. The van der Waals surface area contributed by atoms with Crippen LogP contribution in [0.3, 0.4) is 0 Å². The summed E-state index contributed by atoms with van der Waals surface area (Å²) in [5, 5.41) is 21.0. The van der Waals surface area contributed by atoms with Crippen LogP contribution in [0.1, 0.15) is 0 Å². The van der Waals surface area contributed by atoms with E-state index in [-0.39, 0.29) is 17.0 Å². The number of aliphatic hydroxyl groups is 2. The van der Waals surface area contributed by atoms with Crippen LogP contribution in [0.25, 0.3) is 11.2 Å². The van der Waals surface area contributed by atoms with Gasteiger partial charge < -0.3 is 35.5 Å². The molecule has 0 spiro atoms. The number of anilines is 1. The largest absolute Gasteiger partial charge is 0.490 e. The van der Waals surface area contributed by atoms with Gasteiger partial charge in [0, 0.05) is 0 Å². The van der Waals surface area contributed by atoms with E-state index in [1.807, 2.05) is 0 Å². The Morgan fingerprint density at radius 3 is 2.39 bits per heavy atom. The molecule has 2 aromatic rings. The van der Waals surface area contributed by atoms with Crippen molar-refractivity contribution in [2.45, 2.75) is 18.4 Å². The second-order valence-corrected chi connectivity index (χ2v) is 10.2. The molecule has 2 unspecified atom stereocenters. The van der Waals surface area contributed by atoms with Crippen LogP contribution in [0.4, 0.5) is 5.82 Å². The molecule has 8 N–H and O–H groups in total. The molecule has 0 radical (unpaired) electrons. The number of hydroxylamine groups is 1. The zero-order valence-electron chi connectivity index (χ0n) is 14.8. The Morgan fingerprint density at radius 2 is 1.74 bits per heavy atom. The van der Waals surface area contributed by atoms with E-state index in [0.29, 0.717) is 5.17 Å². The lowest BCUT2D eigenvalue weighted by atomic mass is 10.2. The molecule has 2 aromatic heterocycles. The van der Waals surface area contributed by atoms with Gasteiger partial charge in [0.1, 0.15) is 24.9 Å². The maximum atomic E-state index is 11.8. The Kier molecular flexibility index (Phi) is 6.54. The topological polar surface area (TPSA) is 282 Å². The predicted molar refractivity (Wildman–Crippen MR) is 94.7 cm³/mol. The summed E-state index contributed by atoms with van der Waals surface area (Å²) in [5.41, 5.74) is 5.87. The number of phosphoric acid groups is 3. The van der Waals surface area contributed by atoms with Gasteiger partial charge in [-0.2, -0.15) is 18.5 Å². The van der Waals surface area contributed by atoms with Gasteiger partial charge in [0.15, 0.2) is 23.2 Å². The quantitative estimate of drug-likeness (QED) is 0.184. The van der Waals surface area contributed by atoms with Crippen LogP contribution in [-0.4, -0.2) is 74.5 Å². The molecule has 0 amide bonds. The van der Waals surface area contributed by atoms with E-state index < -0.39 is 48.5 Å². The molecule has 0 aliphatic carbocycles. The molecule has 1 aliphatic rings. The van der Waals surface area contributed by atoms with E-state index in [2.05, 4.69) is 28.1 Å². The average molecular weight is 508 g/mol. The van der Waals surface area contributed by atoms with E-state index >= 15 is 0 Å². The van der Waals surface area contributed by atoms with E-state index in [4.69, 9.17) is 25.3 Å². The number of aromatic nitrogens is 4. The molecule has 1 fully saturated rings. The van der Waals surface area contributed by atoms with Gasteiger partial charge >= 0.3 is 23.5 Å². The number of hydrogen-bond acceptors (Lipinski definition) is 14. The maximum absolute atomic E-state index is 11.8. The molecule has 1 saturated heterocycles. The SMILES string of the molecule is Nc1ncnc2c1ncn2N1O[C@H](COP(=O)(O)OP(=O)(O)OP(=O)(O)O)[C@@H](O)[C@H]1O. The Balaban J connectivity index is 1.69. The van der Waals surface area contributed by atoms with Crippen molar-refractivity contribution < 1.29 is 61.5 Å². The zero-order valence-corrected chi connectivity index (χ0v) is 17.5. The van der Waals surface area contributed by atoms with Crippen molar-refractivity contribution in [3.63, 3.8) is 0 Å². The maximum Gasteiger partial charge on any atom is 0.490 e. The fraction of sp³-hybridized carbons (Fsp3) is 0.444. The predicted octanol–water partition coefficient (Wildman–Crippen LogP) is -2.32.